The van der Waals surface area contributed by atoms with Crippen molar-refractivity contribution >= 4 is 5.97 Å². The average Bonchev–Trinajstić information content (AvgIpc) is 3.41. The van der Waals surface area contributed by atoms with Gasteiger partial charge in [-0.25, -0.2) is 10.2 Å². The highest BCUT2D eigenvalue weighted by Gasteiger charge is 2.32. The first-order valence-corrected chi connectivity index (χ1v) is 10.5. The Balaban J connectivity index is 1.61. The van der Waals surface area contributed by atoms with Gasteiger partial charge in [-0.3, -0.25) is 0 Å². The van der Waals surface area contributed by atoms with Crippen LogP contribution in [0.4, 0.5) is 0 Å². The minimum Gasteiger partial charge on any atom is -0.478 e. The predicted octanol–water partition coefficient (Wildman–Crippen LogP) is 3.42. The number of aromatic amines is 1. The number of carbonyl (C=O) groups is 1. The molecule has 0 radical (unpaired) electrons. The van der Waals surface area contributed by atoms with Crippen molar-refractivity contribution in [3.8, 4) is 22.5 Å². The molecule has 160 valence electrons. The van der Waals surface area contributed by atoms with Gasteiger partial charge in [0.1, 0.15) is 0 Å². The van der Waals surface area contributed by atoms with E-state index in [1.165, 1.54) is 0 Å². The Hall–Kier alpha value is -3.52. The van der Waals surface area contributed by atoms with Crippen molar-refractivity contribution in [2.75, 3.05) is 6.54 Å². The van der Waals surface area contributed by atoms with Crippen molar-refractivity contribution < 1.29 is 9.90 Å². The maximum absolute atomic E-state index is 11.9. The molecule has 1 aromatic heterocycles. The summed E-state index contributed by atoms with van der Waals surface area (Å²) in [5.41, 5.74) is 8.61. The number of nitrogens with one attached hydrogen (secondary N) is 2. The van der Waals surface area contributed by atoms with Crippen LogP contribution in [0.3, 0.4) is 0 Å². The number of H-pyrrole nitrogens is 1. The van der Waals surface area contributed by atoms with Crippen molar-refractivity contribution in [2.24, 2.45) is 0 Å². The number of hydrazine groups is 1. The number of carboxylic acid groups (broad SMARTS) is 1. The fourth-order valence-electron chi connectivity index (χ4n) is 3.99. The van der Waals surface area contributed by atoms with E-state index in [1.807, 2.05) is 36.2 Å². The molecule has 0 amide bonds. The molecule has 0 aliphatic carbocycles. The highest BCUT2D eigenvalue weighted by atomic mass is 16.4. The number of carboxylic acids is 1. The third-order valence-corrected chi connectivity index (χ3v) is 5.53. The topological polar surface area (TPSA) is 107 Å². The minimum atomic E-state index is -0.861. The van der Waals surface area contributed by atoms with E-state index in [1.54, 1.807) is 0 Å². The summed E-state index contributed by atoms with van der Waals surface area (Å²) in [4.78, 5) is 11.9. The number of nitrogens with zero attached hydrogens (tertiary/aromatic N) is 4. The summed E-state index contributed by atoms with van der Waals surface area (Å²) in [5.74, 6) is -0.312. The molecule has 31 heavy (non-hydrogen) atoms. The average molecular weight is 419 g/mol. The Kier molecular flexibility index (Phi) is 6.08. The van der Waals surface area contributed by atoms with E-state index in [2.05, 4.69) is 57.2 Å². The molecule has 1 unspecified atom stereocenters. The zero-order valence-corrected chi connectivity index (χ0v) is 17.7. The smallest absolute Gasteiger partial charge is 0.335 e. The van der Waals surface area contributed by atoms with Gasteiger partial charge in [-0.05, 0) is 35.2 Å². The van der Waals surface area contributed by atoms with Gasteiger partial charge in [0.05, 0.1) is 11.6 Å². The summed E-state index contributed by atoms with van der Waals surface area (Å²) < 4.78 is 0. The van der Waals surface area contributed by atoms with Crippen LogP contribution in [0.2, 0.25) is 0 Å². The largest absolute Gasteiger partial charge is 0.478 e. The Morgan fingerprint density at radius 3 is 2.52 bits per heavy atom. The second kappa shape index (κ2) is 9.09. The molecular weight excluding hydrogens is 392 g/mol. The zero-order chi connectivity index (χ0) is 21.8. The highest BCUT2D eigenvalue weighted by Crippen LogP contribution is 2.31. The summed E-state index contributed by atoms with van der Waals surface area (Å²) in [6, 6.07) is 15.9. The minimum absolute atomic E-state index is 0.203. The fourth-order valence-corrected chi connectivity index (χ4v) is 3.99. The van der Waals surface area contributed by atoms with Crippen LogP contribution < -0.4 is 5.43 Å². The summed E-state index contributed by atoms with van der Waals surface area (Å²) in [7, 11) is 0. The van der Waals surface area contributed by atoms with Crippen LogP contribution in [0, 0.1) is 0 Å². The van der Waals surface area contributed by atoms with E-state index < -0.39 is 5.97 Å². The third-order valence-electron chi connectivity index (χ3n) is 5.53. The van der Waals surface area contributed by atoms with E-state index in [0.717, 1.165) is 47.3 Å². The number of allylic oxidation sites excluding steroid dienone is 1. The number of hydrogen-bond donors (Lipinski definition) is 3. The number of benzene rings is 2. The first-order valence-electron chi connectivity index (χ1n) is 10.5. The second-order valence-electron chi connectivity index (χ2n) is 7.68. The molecular formula is C23H26N6O2. The molecule has 8 heteroatoms. The lowest BCUT2D eigenvalue weighted by molar-refractivity contribution is -0.132. The molecule has 4 rings (SSSR count). The first-order chi connectivity index (χ1) is 15.1. The van der Waals surface area contributed by atoms with Gasteiger partial charge in [-0.1, -0.05) is 61.9 Å². The number of rotatable bonds is 8. The molecule has 0 saturated carbocycles. The SMILES string of the molecule is CCCCN1NC(C)C(C(=O)O)=C1Cc1ccc(-c2ccccc2-c2nn[nH]n2)cc1. The molecule has 3 N–H and O–H groups in total. The molecule has 0 bridgehead atoms. The van der Waals surface area contributed by atoms with E-state index >= 15 is 0 Å². The van der Waals surface area contributed by atoms with Gasteiger partial charge in [0.15, 0.2) is 0 Å². The van der Waals surface area contributed by atoms with E-state index in [4.69, 9.17) is 0 Å². The Labute approximate surface area is 181 Å². The van der Waals surface area contributed by atoms with E-state index in [9.17, 15) is 9.90 Å². The van der Waals surface area contributed by atoms with Crippen LogP contribution in [-0.2, 0) is 11.2 Å². The van der Waals surface area contributed by atoms with Crippen molar-refractivity contribution in [1.29, 1.82) is 0 Å². The monoisotopic (exact) mass is 418 g/mol. The Morgan fingerprint density at radius 1 is 1.13 bits per heavy atom. The quantitative estimate of drug-likeness (QED) is 0.514. The normalized spacial score (nSPS) is 16.2. The zero-order valence-electron chi connectivity index (χ0n) is 17.7. The van der Waals surface area contributed by atoms with E-state index in [0.29, 0.717) is 17.8 Å². The molecule has 0 saturated heterocycles. The number of unbranched alkanes of at least 4 members (excludes halogenated alkanes) is 1. The molecule has 0 fully saturated rings. The van der Waals surface area contributed by atoms with Gasteiger partial charge < -0.3 is 10.1 Å². The third kappa shape index (κ3) is 4.34. The number of aromatic nitrogens is 4. The van der Waals surface area contributed by atoms with Crippen LogP contribution in [0.25, 0.3) is 22.5 Å². The van der Waals surface area contributed by atoms with Gasteiger partial charge >= 0.3 is 5.97 Å². The molecule has 2 heterocycles. The second-order valence-corrected chi connectivity index (χ2v) is 7.68. The van der Waals surface area contributed by atoms with Crippen LogP contribution in [0.1, 0.15) is 32.3 Å². The van der Waals surface area contributed by atoms with Gasteiger partial charge in [-0.2, -0.15) is 5.21 Å². The van der Waals surface area contributed by atoms with Crippen LogP contribution in [0.15, 0.2) is 59.8 Å². The van der Waals surface area contributed by atoms with Crippen LogP contribution in [0.5, 0.6) is 0 Å². The standard InChI is InChI=1S/C23H26N6O2/c1-3-4-13-29-20(21(23(30)31)15(2)26-29)14-16-9-11-17(12-10-16)18-7-5-6-8-19(18)22-24-27-28-25-22/h5-12,15,26H,3-4,13-14H2,1-2H3,(H,30,31)(H,24,25,27,28). The molecule has 1 aliphatic rings. The summed E-state index contributed by atoms with van der Waals surface area (Å²) in [6.07, 6.45) is 2.62. The van der Waals surface area contributed by atoms with Gasteiger partial charge in [-0.15, -0.1) is 10.2 Å². The van der Waals surface area contributed by atoms with Crippen molar-refractivity contribution in [3.63, 3.8) is 0 Å². The number of hydrogen-bond acceptors (Lipinski definition) is 6. The van der Waals surface area contributed by atoms with Crippen molar-refractivity contribution in [1.82, 2.24) is 31.1 Å². The summed E-state index contributed by atoms with van der Waals surface area (Å²) >= 11 is 0. The van der Waals surface area contributed by atoms with Crippen LogP contribution >= 0.6 is 0 Å². The van der Waals surface area contributed by atoms with Crippen LogP contribution in [-0.4, -0.2) is 49.3 Å². The first kappa shape index (κ1) is 20.7. The highest BCUT2D eigenvalue weighted by molar-refractivity contribution is 5.89. The predicted molar refractivity (Wildman–Crippen MR) is 118 cm³/mol. The van der Waals surface area contributed by atoms with Gasteiger partial charge in [0.25, 0.3) is 0 Å². The summed E-state index contributed by atoms with van der Waals surface area (Å²) in [6.45, 7) is 4.82. The molecule has 8 nitrogen and oxygen atoms in total. The van der Waals surface area contributed by atoms with Gasteiger partial charge in [0.2, 0.25) is 5.82 Å². The van der Waals surface area contributed by atoms with E-state index in [-0.39, 0.29) is 6.04 Å². The lowest BCUT2D eigenvalue weighted by atomic mass is 9.96. The van der Waals surface area contributed by atoms with Crippen molar-refractivity contribution in [2.45, 2.75) is 39.2 Å². The van der Waals surface area contributed by atoms with Gasteiger partial charge in [0, 0.05) is 24.2 Å². The number of aliphatic carboxylic acids is 1. The van der Waals surface area contributed by atoms with Crippen molar-refractivity contribution in [3.05, 3.63) is 65.4 Å². The lowest BCUT2D eigenvalue weighted by Crippen LogP contribution is -2.37. The summed E-state index contributed by atoms with van der Waals surface area (Å²) in [5, 5.41) is 26.1. The maximum Gasteiger partial charge on any atom is 0.335 e. The molecule has 1 atom stereocenters. The molecule has 0 spiro atoms. The lowest BCUT2D eigenvalue weighted by Gasteiger charge is -2.23. The molecule has 3 aromatic rings. The Morgan fingerprint density at radius 2 is 1.87 bits per heavy atom. The molecule has 1 aliphatic heterocycles. The fraction of sp³-hybridized carbons (Fsp3) is 0.304. The Bertz CT molecular complexity index is 1080. The number of tetrazole rings is 1. The molecule has 2 aromatic carbocycles. The maximum atomic E-state index is 11.9.